The first-order valence-electron chi connectivity index (χ1n) is 11.7. The van der Waals surface area contributed by atoms with Crippen molar-refractivity contribution < 1.29 is 19.8 Å². The summed E-state index contributed by atoms with van der Waals surface area (Å²) in [6.07, 6.45) is 1.93. The fourth-order valence-corrected chi connectivity index (χ4v) is 4.68. The number of carbonyl (C=O) groups is 2. The second-order valence-corrected chi connectivity index (χ2v) is 8.63. The van der Waals surface area contributed by atoms with Crippen LogP contribution < -0.4 is 5.11 Å². The molecular formula is C32H23O4-. The molecule has 0 aromatic heterocycles. The molecule has 0 spiro atoms. The molecule has 0 aliphatic heterocycles. The highest BCUT2D eigenvalue weighted by Gasteiger charge is 2.40. The van der Waals surface area contributed by atoms with Crippen LogP contribution in [-0.4, -0.2) is 16.7 Å². The van der Waals surface area contributed by atoms with Crippen molar-refractivity contribution in [3.05, 3.63) is 149 Å². The molecule has 0 unspecified atom stereocenters. The predicted octanol–water partition coefficient (Wildman–Crippen LogP) is 5.36. The van der Waals surface area contributed by atoms with Crippen molar-refractivity contribution in [2.45, 2.75) is 6.10 Å². The fourth-order valence-electron chi connectivity index (χ4n) is 4.68. The van der Waals surface area contributed by atoms with E-state index in [1.165, 1.54) is 6.08 Å². The molecule has 0 heterocycles. The van der Waals surface area contributed by atoms with Gasteiger partial charge in [0.25, 0.3) is 0 Å². The highest BCUT2D eigenvalue weighted by atomic mass is 16.3. The van der Waals surface area contributed by atoms with Crippen LogP contribution in [0, 0.1) is 5.92 Å². The van der Waals surface area contributed by atoms with Gasteiger partial charge >= 0.3 is 0 Å². The molecule has 0 saturated heterocycles. The van der Waals surface area contributed by atoms with Crippen LogP contribution in [0.1, 0.15) is 49.1 Å². The van der Waals surface area contributed by atoms with E-state index in [-0.39, 0.29) is 22.9 Å². The van der Waals surface area contributed by atoms with Gasteiger partial charge in [-0.1, -0.05) is 121 Å². The Labute approximate surface area is 209 Å². The monoisotopic (exact) mass is 471 g/mol. The number of hydrogen-bond donors (Lipinski definition) is 1. The van der Waals surface area contributed by atoms with E-state index in [9.17, 15) is 19.8 Å². The van der Waals surface area contributed by atoms with Crippen molar-refractivity contribution in [3.8, 4) is 0 Å². The number of hydrogen-bond acceptors (Lipinski definition) is 4. The zero-order chi connectivity index (χ0) is 25.1. The van der Waals surface area contributed by atoms with E-state index >= 15 is 0 Å². The largest absolute Gasteiger partial charge is 0.872 e. The van der Waals surface area contributed by atoms with E-state index in [1.54, 1.807) is 103 Å². The summed E-state index contributed by atoms with van der Waals surface area (Å²) in [5, 5.41) is 25.2. The van der Waals surface area contributed by atoms with Crippen LogP contribution >= 0.6 is 0 Å². The van der Waals surface area contributed by atoms with Gasteiger partial charge in [-0.3, -0.25) is 9.59 Å². The number of ketones is 2. The summed E-state index contributed by atoms with van der Waals surface area (Å²) in [5.74, 6) is -1.86. The van der Waals surface area contributed by atoms with Crippen LogP contribution in [0.4, 0.5) is 0 Å². The van der Waals surface area contributed by atoms with Crippen LogP contribution in [0.2, 0.25) is 0 Å². The van der Waals surface area contributed by atoms with Crippen molar-refractivity contribution in [1.29, 1.82) is 0 Å². The van der Waals surface area contributed by atoms with Gasteiger partial charge in [-0.2, -0.15) is 0 Å². The molecule has 36 heavy (non-hydrogen) atoms. The Balaban J connectivity index is 1.61. The highest BCUT2D eigenvalue weighted by molar-refractivity contribution is 6.11. The van der Waals surface area contributed by atoms with Gasteiger partial charge in [0, 0.05) is 11.1 Å². The van der Waals surface area contributed by atoms with Gasteiger partial charge in [0.1, 0.15) is 0 Å². The average molecular weight is 472 g/mol. The van der Waals surface area contributed by atoms with Gasteiger partial charge in [0.15, 0.2) is 11.6 Å². The topological polar surface area (TPSA) is 77.4 Å². The lowest BCUT2D eigenvalue weighted by Crippen LogP contribution is -2.21. The molecule has 5 rings (SSSR count). The number of allylic oxidation sites excluding steroid dienone is 1. The first-order chi connectivity index (χ1) is 17.6. The standard InChI is InChI=1S/C32H24O4/c33-27(22-12-3-1-4-13-22)20-19-21-11-7-8-16-24(21)31(35)28-25-17-9-10-18-26(25)32(36)29(28)30(34)23-14-5-2-6-15-23/h1-20,29,32,35-36H/p-1/b20-19+,31-28-/t29-,32+/m0/s1. The van der Waals surface area contributed by atoms with Crippen molar-refractivity contribution in [1.82, 2.24) is 0 Å². The Hall–Kier alpha value is -4.54. The lowest BCUT2D eigenvalue weighted by molar-refractivity contribution is -0.243. The van der Waals surface area contributed by atoms with Gasteiger partial charge in [0.05, 0.1) is 12.0 Å². The number of carbonyl (C=O) groups excluding carboxylic acids is 2. The number of rotatable bonds is 6. The van der Waals surface area contributed by atoms with Crippen molar-refractivity contribution in [2.75, 3.05) is 0 Å². The van der Waals surface area contributed by atoms with Crippen LogP contribution in [0.5, 0.6) is 0 Å². The third kappa shape index (κ3) is 4.30. The first kappa shape index (κ1) is 23.2. The van der Waals surface area contributed by atoms with Crippen molar-refractivity contribution >= 4 is 29.0 Å². The maximum atomic E-state index is 14.0. The van der Waals surface area contributed by atoms with Gasteiger partial charge in [0.2, 0.25) is 0 Å². The number of aliphatic hydroxyl groups is 1. The Kier molecular flexibility index (Phi) is 6.44. The van der Waals surface area contributed by atoms with E-state index in [4.69, 9.17) is 0 Å². The van der Waals surface area contributed by atoms with Crippen molar-refractivity contribution in [2.24, 2.45) is 5.92 Å². The quantitative estimate of drug-likeness (QED) is 0.233. The Morgan fingerprint density at radius 3 is 2.03 bits per heavy atom. The lowest BCUT2D eigenvalue weighted by Gasteiger charge is -2.24. The molecule has 1 aliphatic rings. The molecule has 0 amide bonds. The predicted molar refractivity (Wildman–Crippen MR) is 139 cm³/mol. The minimum Gasteiger partial charge on any atom is -0.872 e. The van der Waals surface area contributed by atoms with E-state index in [0.29, 0.717) is 33.4 Å². The smallest absolute Gasteiger partial charge is 0.185 e. The second-order valence-electron chi connectivity index (χ2n) is 8.63. The van der Waals surface area contributed by atoms with E-state index < -0.39 is 12.0 Å². The molecule has 2 atom stereocenters. The molecule has 4 heteroatoms. The number of Topliss-reactive ketones (excluding diaryl/α,β-unsaturated/α-hetero) is 1. The van der Waals surface area contributed by atoms with Crippen LogP contribution in [0.15, 0.2) is 115 Å². The summed E-state index contributed by atoms with van der Waals surface area (Å²) in [7, 11) is 0. The third-order valence-corrected chi connectivity index (χ3v) is 6.46. The summed E-state index contributed by atoms with van der Waals surface area (Å²) < 4.78 is 0. The molecule has 1 aliphatic carbocycles. The summed E-state index contributed by atoms with van der Waals surface area (Å²) in [6, 6.07) is 31.6. The molecule has 0 fully saturated rings. The zero-order valence-electron chi connectivity index (χ0n) is 19.4. The first-order valence-corrected chi connectivity index (χ1v) is 11.7. The van der Waals surface area contributed by atoms with Crippen LogP contribution in [0.25, 0.3) is 17.4 Å². The minimum absolute atomic E-state index is 0.177. The SMILES string of the molecule is O=C(/C=C/c1ccccc1/C([O-])=C1\c2ccccc2[C@@H](O)[C@@H]1C(=O)c1ccccc1)c1ccccc1. The summed E-state index contributed by atoms with van der Waals surface area (Å²) >= 11 is 0. The molecule has 4 nitrogen and oxygen atoms in total. The zero-order valence-corrected chi connectivity index (χ0v) is 19.4. The Bertz CT molecular complexity index is 1480. The van der Waals surface area contributed by atoms with Crippen molar-refractivity contribution in [3.63, 3.8) is 0 Å². The lowest BCUT2D eigenvalue weighted by atomic mass is 9.87. The van der Waals surface area contributed by atoms with Crippen LogP contribution in [-0.2, 0) is 0 Å². The molecular weight excluding hydrogens is 448 g/mol. The summed E-state index contributed by atoms with van der Waals surface area (Å²) in [6.45, 7) is 0. The van der Waals surface area contributed by atoms with E-state index in [0.717, 1.165) is 0 Å². The summed E-state index contributed by atoms with van der Waals surface area (Å²) in [4.78, 5) is 26.1. The molecule has 0 radical (unpaired) electrons. The molecule has 4 aromatic rings. The van der Waals surface area contributed by atoms with Gasteiger partial charge in [-0.15, -0.1) is 0 Å². The van der Waals surface area contributed by atoms with Gasteiger partial charge in [-0.05, 0) is 33.9 Å². The highest BCUT2D eigenvalue weighted by Crippen LogP contribution is 2.48. The maximum absolute atomic E-state index is 14.0. The molecule has 0 bridgehead atoms. The second kappa shape index (κ2) is 9.98. The summed E-state index contributed by atoms with van der Waals surface area (Å²) in [5.41, 5.74) is 3.30. The molecule has 0 saturated carbocycles. The normalized spacial score (nSPS) is 18.1. The Morgan fingerprint density at radius 2 is 1.31 bits per heavy atom. The molecule has 176 valence electrons. The number of fused-ring (bicyclic) bond motifs is 1. The molecule has 4 aromatic carbocycles. The fraction of sp³-hybridized carbons (Fsp3) is 0.0625. The molecule has 1 N–H and O–H groups in total. The Morgan fingerprint density at radius 1 is 0.722 bits per heavy atom. The third-order valence-electron chi connectivity index (χ3n) is 6.46. The average Bonchev–Trinajstić information content (AvgIpc) is 3.24. The number of aliphatic hydroxyl groups excluding tert-OH is 1. The van der Waals surface area contributed by atoms with Gasteiger partial charge in [-0.25, -0.2) is 0 Å². The number of benzene rings is 4. The maximum Gasteiger partial charge on any atom is 0.185 e. The minimum atomic E-state index is -1.13. The van der Waals surface area contributed by atoms with Gasteiger partial charge < -0.3 is 10.2 Å². The van der Waals surface area contributed by atoms with E-state index in [1.807, 2.05) is 12.1 Å². The van der Waals surface area contributed by atoms with E-state index in [2.05, 4.69) is 0 Å². The van der Waals surface area contributed by atoms with Crippen LogP contribution in [0.3, 0.4) is 0 Å².